The lowest BCUT2D eigenvalue weighted by Gasteiger charge is -2.20. The van der Waals surface area contributed by atoms with Crippen LogP contribution in [0.3, 0.4) is 0 Å². The minimum Gasteiger partial charge on any atom is -0.481 e. The van der Waals surface area contributed by atoms with E-state index in [0.717, 1.165) is 37.7 Å². The molecule has 0 heterocycles. The Kier molecular flexibility index (Phi) is 11.6. The third-order valence-corrected chi connectivity index (χ3v) is 6.13. The van der Waals surface area contributed by atoms with Gasteiger partial charge in [-0.3, -0.25) is 9.59 Å². The third kappa shape index (κ3) is 9.62. The Morgan fingerprint density at radius 3 is 1.97 bits per heavy atom. The monoisotopic (exact) mass is 459 g/mol. The highest BCUT2D eigenvalue weighted by molar-refractivity contribution is 5.66. The number of aliphatic carboxylic acids is 1. The first-order valence-electron chi connectivity index (χ1n) is 11.9. The lowest BCUT2D eigenvalue weighted by Crippen LogP contribution is -2.20. The minimum atomic E-state index is -0.699. The fraction of sp³-hybridized carbons (Fsp3) is 0.333. The molecule has 4 heteroatoms. The van der Waals surface area contributed by atoms with E-state index in [0.29, 0.717) is 5.92 Å². The quantitative estimate of drug-likeness (QED) is 0.253. The molecule has 0 aromatic heterocycles. The molecule has 0 radical (unpaired) electrons. The molecule has 180 valence electrons. The van der Waals surface area contributed by atoms with Gasteiger partial charge in [0, 0.05) is 13.5 Å². The molecular weight excluding hydrogens is 422 g/mol. The van der Waals surface area contributed by atoms with Crippen molar-refractivity contribution in [3.05, 3.63) is 107 Å². The molecule has 0 aliphatic rings. The van der Waals surface area contributed by atoms with Crippen molar-refractivity contribution in [2.24, 2.45) is 0 Å². The molecule has 4 nitrogen and oxygen atoms in total. The molecule has 0 aliphatic carbocycles. The summed E-state index contributed by atoms with van der Waals surface area (Å²) in [6, 6.07) is 29.4. The van der Waals surface area contributed by atoms with Gasteiger partial charge in [0.1, 0.15) is 0 Å². The van der Waals surface area contributed by atoms with Crippen molar-refractivity contribution in [1.29, 1.82) is 0 Å². The Morgan fingerprint density at radius 1 is 0.882 bits per heavy atom. The lowest BCUT2D eigenvalue weighted by molar-refractivity contribution is -0.137. The van der Waals surface area contributed by atoms with Crippen LogP contribution in [0.1, 0.15) is 66.8 Å². The Balaban J connectivity index is 0.000000287. The van der Waals surface area contributed by atoms with Crippen molar-refractivity contribution in [3.63, 3.8) is 0 Å². The summed E-state index contributed by atoms with van der Waals surface area (Å²) in [6.45, 7) is 4.11. The van der Waals surface area contributed by atoms with Crippen molar-refractivity contribution < 1.29 is 14.7 Å². The maximum atomic E-state index is 10.6. The number of carboxylic acids is 1. The molecule has 0 saturated heterocycles. The van der Waals surface area contributed by atoms with Crippen LogP contribution < -0.4 is 0 Å². The number of carbonyl (C=O) groups excluding carboxylic acids is 1. The van der Waals surface area contributed by atoms with Crippen LogP contribution in [0.15, 0.2) is 84.9 Å². The number of amides is 1. The molecule has 1 amide bonds. The van der Waals surface area contributed by atoms with Crippen LogP contribution in [0.25, 0.3) is 0 Å². The molecule has 0 saturated carbocycles. The number of aryl methyl sites for hydroxylation is 1. The average molecular weight is 460 g/mol. The average Bonchev–Trinajstić information content (AvgIpc) is 2.87. The van der Waals surface area contributed by atoms with E-state index in [1.165, 1.54) is 16.7 Å². The molecule has 34 heavy (non-hydrogen) atoms. The zero-order valence-electron chi connectivity index (χ0n) is 20.6. The Labute approximate surface area is 204 Å². The SMILES string of the molecule is CC(c1ccccc1)N(C)C=O.Cc1ccc(CC(CCCCC(=O)O)c2ccccc2)cc1. The lowest BCUT2D eigenvalue weighted by atomic mass is 9.87. The van der Waals surface area contributed by atoms with Gasteiger partial charge in [-0.05, 0) is 55.7 Å². The normalized spacial score (nSPS) is 12.1. The van der Waals surface area contributed by atoms with E-state index in [1.807, 2.05) is 43.3 Å². The number of carboxylic acid groups (broad SMARTS) is 1. The van der Waals surface area contributed by atoms with Gasteiger partial charge in [-0.2, -0.15) is 0 Å². The zero-order chi connectivity index (χ0) is 24.8. The summed E-state index contributed by atoms with van der Waals surface area (Å²) >= 11 is 0. The third-order valence-electron chi connectivity index (χ3n) is 6.13. The Morgan fingerprint density at radius 2 is 1.44 bits per heavy atom. The van der Waals surface area contributed by atoms with Gasteiger partial charge in [-0.15, -0.1) is 0 Å². The molecule has 0 aliphatic heterocycles. The number of benzene rings is 3. The van der Waals surface area contributed by atoms with Gasteiger partial charge in [-0.25, -0.2) is 0 Å². The van der Waals surface area contributed by atoms with Crippen molar-refractivity contribution in [1.82, 2.24) is 4.90 Å². The predicted molar refractivity (Wildman–Crippen MR) is 139 cm³/mol. The summed E-state index contributed by atoms with van der Waals surface area (Å²) in [4.78, 5) is 22.7. The second-order valence-electron chi connectivity index (χ2n) is 8.79. The smallest absolute Gasteiger partial charge is 0.303 e. The second kappa shape index (κ2) is 14.7. The van der Waals surface area contributed by atoms with Gasteiger partial charge in [0.15, 0.2) is 0 Å². The standard InChI is InChI=1S/C20H24O2.C10H13NO/c1-16-11-13-17(14-12-16)15-19(9-5-6-10-20(21)22)18-7-3-2-4-8-18;1-9(11(2)8-12)10-6-4-3-5-7-10/h2-4,7-8,11-14,19H,5-6,9-10,15H2,1H3,(H,21,22);3-9H,1-2H3. The first kappa shape index (κ1) is 26.8. The number of unbranched alkanes of at least 4 members (excludes halogenated alkanes) is 1. The van der Waals surface area contributed by atoms with Crippen LogP contribution in [0, 0.1) is 6.92 Å². The van der Waals surface area contributed by atoms with Gasteiger partial charge >= 0.3 is 5.97 Å². The maximum Gasteiger partial charge on any atom is 0.303 e. The Hall–Kier alpha value is -3.40. The van der Waals surface area contributed by atoms with Crippen LogP contribution in [0.4, 0.5) is 0 Å². The summed E-state index contributed by atoms with van der Waals surface area (Å²) in [7, 11) is 1.78. The fourth-order valence-electron chi connectivity index (χ4n) is 3.85. The van der Waals surface area contributed by atoms with Gasteiger partial charge in [0.25, 0.3) is 0 Å². The van der Waals surface area contributed by atoms with Crippen LogP contribution in [0.5, 0.6) is 0 Å². The van der Waals surface area contributed by atoms with Crippen molar-refractivity contribution >= 4 is 12.4 Å². The molecule has 0 bridgehead atoms. The van der Waals surface area contributed by atoms with Crippen molar-refractivity contribution in [3.8, 4) is 0 Å². The molecule has 0 spiro atoms. The summed E-state index contributed by atoms with van der Waals surface area (Å²) in [5.74, 6) is -0.243. The number of rotatable bonds is 11. The fourth-order valence-corrected chi connectivity index (χ4v) is 3.85. The highest BCUT2D eigenvalue weighted by Crippen LogP contribution is 2.27. The molecule has 3 aromatic carbocycles. The number of hydrogen-bond donors (Lipinski definition) is 1. The van der Waals surface area contributed by atoms with E-state index < -0.39 is 5.97 Å². The molecular formula is C30H37NO3. The summed E-state index contributed by atoms with van der Waals surface area (Å²) < 4.78 is 0. The number of hydrogen-bond acceptors (Lipinski definition) is 2. The summed E-state index contributed by atoms with van der Waals surface area (Å²) in [5.41, 5.74) is 5.13. The van der Waals surface area contributed by atoms with Crippen LogP contribution in [-0.2, 0) is 16.0 Å². The predicted octanol–water partition coefficient (Wildman–Crippen LogP) is 6.80. The molecule has 3 rings (SSSR count). The van der Waals surface area contributed by atoms with Crippen molar-refractivity contribution in [2.75, 3.05) is 7.05 Å². The first-order valence-corrected chi connectivity index (χ1v) is 11.9. The van der Waals surface area contributed by atoms with E-state index in [2.05, 4.69) is 55.5 Å². The maximum absolute atomic E-state index is 10.6. The molecule has 3 aromatic rings. The zero-order valence-corrected chi connectivity index (χ0v) is 20.6. The highest BCUT2D eigenvalue weighted by atomic mass is 16.4. The molecule has 1 N–H and O–H groups in total. The summed E-state index contributed by atoms with van der Waals surface area (Å²) in [6.07, 6.45) is 4.87. The van der Waals surface area contributed by atoms with E-state index in [9.17, 15) is 9.59 Å². The van der Waals surface area contributed by atoms with E-state index in [4.69, 9.17) is 5.11 Å². The van der Waals surface area contributed by atoms with Gasteiger partial charge < -0.3 is 10.0 Å². The van der Waals surface area contributed by atoms with Gasteiger partial charge in [0.05, 0.1) is 6.04 Å². The van der Waals surface area contributed by atoms with Crippen LogP contribution >= 0.6 is 0 Å². The van der Waals surface area contributed by atoms with E-state index in [-0.39, 0.29) is 12.5 Å². The minimum absolute atomic E-state index is 0.156. The van der Waals surface area contributed by atoms with E-state index in [1.54, 1.807) is 11.9 Å². The van der Waals surface area contributed by atoms with Gasteiger partial charge in [0.2, 0.25) is 6.41 Å². The highest BCUT2D eigenvalue weighted by Gasteiger charge is 2.12. The van der Waals surface area contributed by atoms with E-state index >= 15 is 0 Å². The first-order chi connectivity index (χ1) is 16.4. The largest absolute Gasteiger partial charge is 0.481 e. The summed E-state index contributed by atoms with van der Waals surface area (Å²) in [5, 5.41) is 8.76. The molecule has 2 atom stereocenters. The Bertz CT molecular complexity index is 971. The molecule has 0 fully saturated rings. The second-order valence-corrected chi connectivity index (χ2v) is 8.79. The molecule has 2 unspecified atom stereocenters. The van der Waals surface area contributed by atoms with Crippen LogP contribution in [0.2, 0.25) is 0 Å². The topological polar surface area (TPSA) is 57.6 Å². The number of nitrogens with zero attached hydrogens (tertiary/aromatic N) is 1. The van der Waals surface area contributed by atoms with Crippen molar-refractivity contribution in [2.45, 2.75) is 57.9 Å². The van der Waals surface area contributed by atoms with Crippen LogP contribution in [-0.4, -0.2) is 29.4 Å². The van der Waals surface area contributed by atoms with Gasteiger partial charge in [-0.1, -0.05) is 96.9 Å². The number of carbonyl (C=O) groups is 2.